The molecule has 1 aliphatic rings. The minimum atomic E-state index is -0.170. The van der Waals surface area contributed by atoms with Gasteiger partial charge in [0.1, 0.15) is 0 Å². The molecule has 160 valence electrons. The highest BCUT2D eigenvalue weighted by Crippen LogP contribution is 2.28. The summed E-state index contributed by atoms with van der Waals surface area (Å²) in [6, 6.07) is 15.2. The van der Waals surface area contributed by atoms with E-state index in [1.807, 2.05) is 62.4 Å². The van der Waals surface area contributed by atoms with Crippen LogP contribution in [0.2, 0.25) is 0 Å². The summed E-state index contributed by atoms with van der Waals surface area (Å²) >= 11 is 0. The van der Waals surface area contributed by atoms with Gasteiger partial charge in [0.05, 0.1) is 0 Å². The lowest BCUT2D eigenvalue weighted by Gasteiger charge is -2.29. The van der Waals surface area contributed by atoms with Crippen LogP contribution in [0.5, 0.6) is 0 Å². The maximum Gasteiger partial charge on any atom is 0.319 e. The number of rotatable bonds is 6. The maximum atomic E-state index is 12.1. The highest BCUT2D eigenvalue weighted by molar-refractivity contribution is 5.89. The van der Waals surface area contributed by atoms with Gasteiger partial charge in [0, 0.05) is 24.5 Å². The zero-order chi connectivity index (χ0) is 21.3. The van der Waals surface area contributed by atoms with E-state index < -0.39 is 0 Å². The van der Waals surface area contributed by atoms with Crippen molar-refractivity contribution in [2.45, 2.75) is 39.5 Å². The van der Waals surface area contributed by atoms with Gasteiger partial charge in [-0.05, 0) is 69.2 Å². The van der Waals surface area contributed by atoms with Gasteiger partial charge in [-0.1, -0.05) is 41.8 Å². The number of hydrogen-bond donors (Lipinski definition) is 4. The Morgan fingerprint density at radius 2 is 1.13 bits per heavy atom. The third kappa shape index (κ3) is 7.10. The number of carbonyl (C=O) groups excluding carboxylic acids is 2. The zero-order valence-corrected chi connectivity index (χ0v) is 17.8. The Bertz CT molecular complexity index is 764. The monoisotopic (exact) mass is 408 g/mol. The van der Waals surface area contributed by atoms with Crippen LogP contribution in [-0.4, -0.2) is 25.2 Å². The number of aryl methyl sites for hydroxylation is 2. The molecule has 6 heteroatoms. The molecule has 4 amide bonds. The van der Waals surface area contributed by atoms with Crippen LogP contribution in [-0.2, 0) is 0 Å². The third-order valence-corrected chi connectivity index (χ3v) is 5.61. The second kappa shape index (κ2) is 10.7. The molecule has 0 spiro atoms. The predicted molar refractivity (Wildman–Crippen MR) is 122 cm³/mol. The number of anilines is 2. The lowest BCUT2D eigenvalue weighted by atomic mass is 9.81. The predicted octanol–water partition coefficient (Wildman–Crippen LogP) is 5.05. The molecule has 0 heterocycles. The molecule has 0 unspecified atom stereocenters. The molecule has 2 atom stereocenters. The van der Waals surface area contributed by atoms with Crippen LogP contribution in [0, 0.1) is 25.7 Å². The quantitative estimate of drug-likeness (QED) is 0.539. The molecule has 6 nitrogen and oxygen atoms in total. The van der Waals surface area contributed by atoms with E-state index in [2.05, 4.69) is 21.3 Å². The number of urea groups is 2. The topological polar surface area (TPSA) is 82.3 Å². The average molecular weight is 409 g/mol. The van der Waals surface area contributed by atoms with Crippen molar-refractivity contribution in [1.82, 2.24) is 10.6 Å². The SMILES string of the molecule is Cc1ccc(NC(=O)NC[C@H]2CCC[C@H](CNC(=O)Nc3ccc(C)cc3)C2)cc1. The van der Waals surface area contributed by atoms with Gasteiger partial charge >= 0.3 is 12.1 Å². The van der Waals surface area contributed by atoms with Crippen LogP contribution >= 0.6 is 0 Å². The van der Waals surface area contributed by atoms with E-state index in [4.69, 9.17) is 0 Å². The summed E-state index contributed by atoms with van der Waals surface area (Å²) in [6.45, 7) is 5.35. The number of nitrogens with one attached hydrogen (secondary N) is 4. The van der Waals surface area contributed by atoms with Gasteiger partial charge in [0.25, 0.3) is 0 Å². The zero-order valence-electron chi connectivity index (χ0n) is 17.8. The summed E-state index contributed by atoms with van der Waals surface area (Å²) < 4.78 is 0. The molecular formula is C24H32N4O2. The molecule has 1 fully saturated rings. The second-order valence-electron chi connectivity index (χ2n) is 8.30. The van der Waals surface area contributed by atoms with E-state index in [1.165, 1.54) is 0 Å². The fraction of sp³-hybridized carbons (Fsp3) is 0.417. The highest BCUT2D eigenvalue weighted by Gasteiger charge is 2.22. The molecule has 1 aliphatic carbocycles. The van der Waals surface area contributed by atoms with Crippen molar-refractivity contribution in [3.63, 3.8) is 0 Å². The molecule has 2 aromatic rings. The molecule has 0 bridgehead atoms. The highest BCUT2D eigenvalue weighted by atomic mass is 16.2. The van der Waals surface area contributed by atoms with Crippen molar-refractivity contribution in [3.05, 3.63) is 59.7 Å². The summed E-state index contributed by atoms with van der Waals surface area (Å²) in [4.78, 5) is 24.3. The molecule has 4 N–H and O–H groups in total. The Kier molecular flexibility index (Phi) is 7.71. The Morgan fingerprint density at radius 3 is 1.53 bits per heavy atom. The number of carbonyl (C=O) groups is 2. The van der Waals surface area contributed by atoms with Crippen LogP contribution < -0.4 is 21.3 Å². The van der Waals surface area contributed by atoms with E-state index in [-0.39, 0.29) is 12.1 Å². The average Bonchev–Trinajstić information content (AvgIpc) is 2.74. The standard InChI is InChI=1S/C24H32N4O2/c1-17-6-10-21(11-7-17)27-23(29)25-15-19-4-3-5-20(14-19)16-26-24(30)28-22-12-8-18(2)9-13-22/h6-13,19-20H,3-5,14-16H2,1-2H3,(H2,25,27,29)(H2,26,28,30)/t19-,20-/m0/s1. The van der Waals surface area contributed by atoms with E-state index >= 15 is 0 Å². The largest absolute Gasteiger partial charge is 0.338 e. The molecule has 0 radical (unpaired) electrons. The van der Waals surface area contributed by atoms with E-state index in [1.54, 1.807) is 0 Å². The first-order valence-corrected chi connectivity index (χ1v) is 10.7. The Balaban J connectivity index is 1.36. The summed E-state index contributed by atoms with van der Waals surface area (Å²) in [5.74, 6) is 0.879. The van der Waals surface area contributed by atoms with Gasteiger partial charge in [-0.2, -0.15) is 0 Å². The normalized spacial score (nSPS) is 18.3. The molecular weight excluding hydrogens is 376 g/mol. The maximum absolute atomic E-state index is 12.1. The van der Waals surface area contributed by atoms with Gasteiger partial charge in [-0.25, -0.2) is 9.59 Å². The van der Waals surface area contributed by atoms with Crippen LogP contribution in [0.15, 0.2) is 48.5 Å². The van der Waals surface area contributed by atoms with Crippen LogP contribution in [0.4, 0.5) is 21.0 Å². The smallest absolute Gasteiger partial charge is 0.319 e. The van der Waals surface area contributed by atoms with Gasteiger partial charge < -0.3 is 21.3 Å². The minimum Gasteiger partial charge on any atom is -0.338 e. The van der Waals surface area contributed by atoms with E-state index in [9.17, 15) is 9.59 Å². The summed E-state index contributed by atoms with van der Waals surface area (Å²) in [7, 11) is 0. The third-order valence-electron chi connectivity index (χ3n) is 5.61. The van der Waals surface area contributed by atoms with Crippen LogP contribution in [0.3, 0.4) is 0 Å². The first kappa shape index (κ1) is 21.7. The van der Waals surface area contributed by atoms with Gasteiger partial charge in [-0.15, -0.1) is 0 Å². The van der Waals surface area contributed by atoms with Crippen molar-refractivity contribution in [3.8, 4) is 0 Å². The molecule has 2 aromatic carbocycles. The first-order valence-electron chi connectivity index (χ1n) is 10.7. The van der Waals surface area contributed by atoms with Crippen LogP contribution in [0.25, 0.3) is 0 Å². The van der Waals surface area contributed by atoms with Gasteiger partial charge in [-0.3, -0.25) is 0 Å². The molecule has 0 saturated heterocycles. The molecule has 0 aromatic heterocycles. The van der Waals surface area contributed by atoms with E-state index in [0.717, 1.165) is 48.2 Å². The lowest BCUT2D eigenvalue weighted by Crippen LogP contribution is -2.38. The Hall–Kier alpha value is -3.02. The van der Waals surface area contributed by atoms with Crippen molar-refractivity contribution in [2.75, 3.05) is 23.7 Å². The Labute approximate surface area is 178 Å². The molecule has 0 aliphatic heterocycles. The van der Waals surface area contributed by atoms with Crippen LogP contribution in [0.1, 0.15) is 36.8 Å². The fourth-order valence-corrected chi connectivity index (χ4v) is 3.87. The van der Waals surface area contributed by atoms with Gasteiger partial charge in [0.2, 0.25) is 0 Å². The molecule has 3 rings (SSSR count). The number of hydrogen-bond acceptors (Lipinski definition) is 2. The molecule has 30 heavy (non-hydrogen) atoms. The van der Waals surface area contributed by atoms with E-state index in [0.29, 0.717) is 24.9 Å². The Morgan fingerprint density at radius 1 is 0.733 bits per heavy atom. The van der Waals surface area contributed by atoms with Gasteiger partial charge in [0.15, 0.2) is 0 Å². The number of amides is 4. The summed E-state index contributed by atoms with van der Waals surface area (Å²) in [6.07, 6.45) is 4.35. The van der Waals surface area contributed by atoms with Crippen molar-refractivity contribution >= 4 is 23.4 Å². The fourth-order valence-electron chi connectivity index (χ4n) is 3.87. The van der Waals surface area contributed by atoms with Crippen molar-refractivity contribution in [2.24, 2.45) is 11.8 Å². The lowest BCUT2D eigenvalue weighted by molar-refractivity contribution is 0.230. The minimum absolute atomic E-state index is 0.170. The first-order chi connectivity index (χ1) is 14.5. The summed E-state index contributed by atoms with van der Waals surface area (Å²) in [5.41, 5.74) is 3.91. The summed E-state index contributed by atoms with van der Waals surface area (Å²) in [5, 5.41) is 11.7. The van der Waals surface area contributed by atoms with Crippen molar-refractivity contribution < 1.29 is 9.59 Å². The molecule has 1 saturated carbocycles. The van der Waals surface area contributed by atoms with Crippen molar-refractivity contribution in [1.29, 1.82) is 0 Å². The number of benzene rings is 2. The second-order valence-corrected chi connectivity index (χ2v) is 8.30.